The lowest BCUT2D eigenvalue weighted by molar-refractivity contribution is 0.300. The fourth-order valence-electron chi connectivity index (χ4n) is 2.51. The molecule has 0 unspecified atom stereocenters. The van der Waals surface area contributed by atoms with Crippen LogP contribution >= 0.6 is 0 Å². The first-order valence-electron chi connectivity index (χ1n) is 5.50. The molecule has 4 heteroatoms. The molecule has 0 amide bonds. The van der Waals surface area contributed by atoms with E-state index in [9.17, 15) is 8.42 Å². The van der Waals surface area contributed by atoms with Gasteiger partial charge in [0.2, 0.25) is 0 Å². The molecule has 17 heavy (non-hydrogen) atoms. The van der Waals surface area contributed by atoms with E-state index in [-0.39, 0.29) is 12.4 Å². The van der Waals surface area contributed by atoms with Crippen molar-refractivity contribution < 1.29 is 13.5 Å². The first-order chi connectivity index (χ1) is 8.13. The molecule has 3 rings (SSSR count). The van der Waals surface area contributed by atoms with Gasteiger partial charge in [-0.3, -0.25) is 0 Å². The van der Waals surface area contributed by atoms with Crippen molar-refractivity contribution in [3.8, 4) is 0 Å². The van der Waals surface area contributed by atoms with Crippen molar-refractivity contribution in [1.29, 1.82) is 0 Å². The van der Waals surface area contributed by atoms with Gasteiger partial charge in [0.15, 0.2) is 9.84 Å². The summed E-state index contributed by atoms with van der Waals surface area (Å²) < 4.78 is 23.9. The van der Waals surface area contributed by atoms with Gasteiger partial charge in [-0.05, 0) is 29.0 Å². The molecule has 0 fully saturated rings. The Bertz CT molecular complexity index is 702. The van der Waals surface area contributed by atoms with Crippen LogP contribution in [0.25, 0.3) is 10.8 Å². The highest BCUT2D eigenvalue weighted by Crippen LogP contribution is 2.37. The highest BCUT2D eigenvalue weighted by molar-refractivity contribution is 7.91. The molecule has 0 bridgehead atoms. The van der Waals surface area contributed by atoms with Gasteiger partial charge in [0, 0.05) is 12.0 Å². The van der Waals surface area contributed by atoms with E-state index in [4.69, 9.17) is 5.11 Å². The Kier molecular flexibility index (Phi) is 2.24. The molecule has 1 aliphatic heterocycles. The predicted molar refractivity (Wildman–Crippen MR) is 65.6 cm³/mol. The summed E-state index contributed by atoms with van der Waals surface area (Å²) in [5, 5.41) is 10.8. The van der Waals surface area contributed by atoms with E-state index in [0.717, 1.165) is 21.9 Å². The van der Waals surface area contributed by atoms with Crippen molar-refractivity contribution >= 4 is 20.6 Å². The Hall–Kier alpha value is -1.39. The number of aliphatic hydroxyl groups excluding tert-OH is 1. The molecule has 0 saturated carbocycles. The number of sulfone groups is 1. The molecule has 1 heterocycles. The summed E-state index contributed by atoms with van der Waals surface area (Å²) in [5.41, 5.74) is 1.88. The lowest BCUT2D eigenvalue weighted by atomic mass is 9.99. The molecule has 0 saturated heterocycles. The summed E-state index contributed by atoms with van der Waals surface area (Å²) in [6.07, 6.45) is 0.556. The molecule has 88 valence electrons. The van der Waals surface area contributed by atoms with Gasteiger partial charge < -0.3 is 5.11 Å². The second-order valence-corrected chi connectivity index (χ2v) is 6.25. The van der Waals surface area contributed by atoms with E-state index in [1.807, 2.05) is 18.2 Å². The zero-order valence-electron chi connectivity index (χ0n) is 9.18. The maximum absolute atomic E-state index is 12.0. The Labute approximate surface area is 99.6 Å². The van der Waals surface area contributed by atoms with E-state index >= 15 is 0 Å². The van der Waals surface area contributed by atoms with Crippen molar-refractivity contribution in [2.24, 2.45) is 0 Å². The fraction of sp³-hybridized carbons (Fsp3) is 0.231. The Morgan fingerprint density at radius 1 is 1.18 bits per heavy atom. The minimum absolute atomic E-state index is 0.0748. The highest BCUT2D eigenvalue weighted by atomic mass is 32.2. The van der Waals surface area contributed by atoms with Gasteiger partial charge in [0.1, 0.15) is 0 Å². The van der Waals surface area contributed by atoms with E-state index in [1.165, 1.54) is 0 Å². The molecule has 2 aromatic carbocycles. The molecule has 3 nitrogen and oxygen atoms in total. The first-order valence-corrected chi connectivity index (χ1v) is 7.16. The van der Waals surface area contributed by atoms with Crippen LogP contribution < -0.4 is 0 Å². The van der Waals surface area contributed by atoms with Crippen LogP contribution in [0.4, 0.5) is 0 Å². The fourth-order valence-corrected chi connectivity index (χ4v) is 4.14. The molecule has 1 aliphatic rings. The van der Waals surface area contributed by atoms with Gasteiger partial charge in [-0.25, -0.2) is 8.42 Å². The average Bonchev–Trinajstić information content (AvgIpc) is 2.55. The molecule has 1 N–H and O–H groups in total. The molecule has 2 aromatic rings. The lowest BCUT2D eigenvalue weighted by Crippen LogP contribution is -1.97. The van der Waals surface area contributed by atoms with Crippen molar-refractivity contribution in [2.45, 2.75) is 17.1 Å². The van der Waals surface area contributed by atoms with E-state index in [2.05, 4.69) is 0 Å². The molecule has 0 spiro atoms. The number of hydrogen-bond acceptors (Lipinski definition) is 3. The minimum Gasteiger partial charge on any atom is -0.396 e. The molecule has 0 atom stereocenters. The maximum Gasteiger partial charge on any atom is 0.183 e. The van der Waals surface area contributed by atoms with Gasteiger partial charge in [-0.2, -0.15) is 0 Å². The van der Waals surface area contributed by atoms with Crippen LogP contribution in [0.15, 0.2) is 35.2 Å². The molecule has 0 radical (unpaired) electrons. The van der Waals surface area contributed by atoms with Gasteiger partial charge in [-0.15, -0.1) is 0 Å². The summed E-state index contributed by atoms with van der Waals surface area (Å²) >= 11 is 0. The second-order valence-electron chi connectivity index (χ2n) is 4.30. The lowest BCUT2D eigenvalue weighted by Gasteiger charge is -2.06. The third kappa shape index (κ3) is 1.48. The Morgan fingerprint density at radius 3 is 2.76 bits per heavy atom. The monoisotopic (exact) mass is 248 g/mol. The molecular weight excluding hydrogens is 236 g/mol. The van der Waals surface area contributed by atoms with Crippen LogP contribution in [0, 0.1) is 0 Å². The van der Waals surface area contributed by atoms with Gasteiger partial charge in [0.25, 0.3) is 0 Å². The first kappa shape index (κ1) is 10.7. The van der Waals surface area contributed by atoms with Crippen LogP contribution in [-0.2, 0) is 22.0 Å². The number of benzene rings is 2. The Morgan fingerprint density at radius 2 is 2.00 bits per heavy atom. The topological polar surface area (TPSA) is 54.4 Å². The van der Waals surface area contributed by atoms with Crippen molar-refractivity contribution in [1.82, 2.24) is 0 Å². The van der Waals surface area contributed by atoms with Crippen LogP contribution in [0.5, 0.6) is 0 Å². The van der Waals surface area contributed by atoms with Crippen molar-refractivity contribution in [3.05, 3.63) is 41.5 Å². The van der Waals surface area contributed by atoms with Crippen LogP contribution in [0.1, 0.15) is 11.1 Å². The third-order valence-corrected chi connectivity index (χ3v) is 4.94. The normalized spacial score (nSPS) is 16.5. The zero-order valence-corrected chi connectivity index (χ0v) is 10.00. The summed E-state index contributed by atoms with van der Waals surface area (Å²) in [6.45, 7) is 0.0748. The SMILES string of the molecule is O=S1(=O)Cc2cccc3c(CCO)ccc1c23. The molecule has 0 aromatic heterocycles. The summed E-state index contributed by atoms with van der Waals surface area (Å²) in [7, 11) is -3.15. The average molecular weight is 248 g/mol. The predicted octanol–water partition coefficient (Wildman–Crippen LogP) is 1.66. The number of hydrogen-bond donors (Lipinski definition) is 1. The summed E-state index contributed by atoms with van der Waals surface area (Å²) in [6, 6.07) is 9.14. The smallest absolute Gasteiger partial charge is 0.183 e. The molecular formula is C13H12O3S. The van der Waals surface area contributed by atoms with Gasteiger partial charge >= 0.3 is 0 Å². The Balaban J connectivity index is 2.42. The van der Waals surface area contributed by atoms with Gasteiger partial charge in [-0.1, -0.05) is 24.3 Å². The highest BCUT2D eigenvalue weighted by Gasteiger charge is 2.28. The quantitative estimate of drug-likeness (QED) is 0.879. The third-order valence-electron chi connectivity index (χ3n) is 3.24. The molecule has 0 aliphatic carbocycles. The van der Waals surface area contributed by atoms with Crippen LogP contribution in [0.3, 0.4) is 0 Å². The summed E-state index contributed by atoms with van der Waals surface area (Å²) in [5.74, 6) is 0.0995. The largest absolute Gasteiger partial charge is 0.396 e. The van der Waals surface area contributed by atoms with E-state index < -0.39 is 9.84 Å². The van der Waals surface area contributed by atoms with Crippen LogP contribution in [-0.4, -0.2) is 20.1 Å². The standard InChI is InChI=1S/C13H12O3S/c14-7-6-9-4-5-12-13-10(8-17(12,15)16)2-1-3-11(9)13/h1-5,14H,6-8H2. The maximum atomic E-state index is 12.0. The van der Waals surface area contributed by atoms with Crippen molar-refractivity contribution in [3.63, 3.8) is 0 Å². The number of rotatable bonds is 2. The van der Waals surface area contributed by atoms with Crippen molar-refractivity contribution in [2.75, 3.05) is 6.61 Å². The summed E-state index contributed by atoms with van der Waals surface area (Å²) in [4.78, 5) is 0.435. The van der Waals surface area contributed by atoms with Crippen LogP contribution in [0.2, 0.25) is 0 Å². The minimum atomic E-state index is -3.15. The van der Waals surface area contributed by atoms with Gasteiger partial charge in [0.05, 0.1) is 10.6 Å². The zero-order chi connectivity index (χ0) is 12.0. The number of aliphatic hydroxyl groups is 1. The second kappa shape index (κ2) is 3.55. The van der Waals surface area contributed by atoms with E-state index in [1.54, 1.807) is 12.1 Å². The van der Waals surface area contributed by atoms with E-state index in [0.29, 0.717) is 11.3 Å².